The predicted molar refractivity (Wildman–Crippen MR) is 135 cm³/mol. The molecular formula is C29H45NO3. The standard InChI is InChI=1S/C29H45NO3/c1-3-5-6-7-22-8-12-24(13-9-22)25-14-16-26(17-15-25)29(32)33-27-18-10-23(11-19-27)20-21-30-28(31)4-2/h4,10-11,18-19,22,24-26,29,32H,2-3,5-9,12-17,20-21H2,1H3,(H,30,31). The first-order chi connectivity index (χ1) is 16.1. The summed E-state index contributed by atoms with van der Waals surface area (Å²) in [5.41, 5.74) is 1.13. The number of benzene rings is 1. The van der Waals surface area contributed by atoms with Gasteiger partial charge in [0.05, 0.1) is 0 Å². The summed E-state index contributed by atoms with van der Waals surface area (Å²) in [6.45, 7) is 6.33. The molecule has 2 aliphatic rings. The highest BCUT2D eigenvalue weighted by molar-refractivity contribution is 5.86. The summed E-state index contributed by atoms with van der Waals surface area (Å²) in [6, 6.07) is 7.83. The van der Waals surface area contributed by atoms with Crippen molar-refractivity contribution >= 4 is 5.91 Å². The van der Waals surface area contributed by atoms with Crippen LogP contribution < -0.4 is 10.1 Å². The molecule has 2 fully saturated rings. The van der Waals surface area contributed by atoms with Gasteiger partial charge >= 0.3 is 0 Å². The smallest absolute Gasteiger partial charge is 0.243 e. The van der Waals surface area contributed by atoms with E-state index in [4.69, 9.17) is 4.74 Å². The minimum Gasteiger partial charge on any atom is -0.465 e. The van der Waals surface area contributed by atoms with Crippen molar-refractivity contribution in [1.29, 1.82) is 0 Å². The third kappa shape index (κ3) is 8.48. The average molecular weight is 456 g/mol. The van der Waals surface area contributed by atoms with Gasteiger partial charge in [-0.05, 0) is 86.5 Å². The molecule has 184 valence electrons. The number of carbonyl (C=O) groups is 1. The Labute approximate surface area is 201 Å². The van der Waals surface area contributed by atoms with Crippen LogP contribution in [0.15, 0.2) is 36.9 Å². The lowest BCUT2D eigenvalue weighted by molar-refractivity contribution is -0.116. The molecule has 0 radical (unpaired) electrons. The normalized spacial score (nSPS) is 26.4. The molecule has 1 aromatic carbocycles. The Morgan fingerprint density at radius 1 is 1.06 bits per heavy atom. The van der Waals surface area contributed by atoms with E-state index in [0.29, 0.717) is 12.3 Å². The van der Waals surface area contributed by atoms with Crippen LogP contribution >= 0.6 is 0 Å². The van der Waals surface area contributed by atoms with Crippen LogP contribution in [0.4, 0.5) is 0 Å². The van der Waals surface area contributed by atoms with E-state index >= 15 is 0 Å². The molecule has 1 aromatic rings. The van der Waals surface area contributed by atoms with Crippen molar-refractivity contribution in [1.82, 2.24) is 5.32 Å². The second-order valence-electron chi connectivity index (χ2n) is 10.3. The second kappa shape index (κ2) is 13.8. The fraction of sp³-hybridized carbons (Fsp3) is 0.690. The topological polar surface area (TPSA) is 58.6 Å². The largest absolute Gasteiger partial charge is 0.465 e. The lowest BCUT2D eigenvalue weighted by atomic mass is 9.68. The van der Waals surface area contributed by atoms with Gasteiger partial charge < -0.3 is 15.2 Å². The van der Waals surface area contributed by atoms with Gasteiger partial charge in [-0.25, -0.2) is 0 Å². The third-order valence-electron chi connectivity index (χ3n) is 8.07. The Morgan fingerprint density at radius 2 is 1.70 bits per heavy atom. The summed E-state index contributed by atoms with van der Waals surface area (Å²) in [6.07, 6.45) is 17.3. The Morgan fingerprint density at radius 3 is 2.30 bits per heavy atom. The summed E-state index contributed by atoms with van der Waals surface area (Å²) < 4.78 is 5.88. The number of rotatable bonds is 12. The molecule has 1 unspecified atom stereocenters. The summed E-state index contributed by atoms with van der Waals surface area (Å²) >= 11 is 0. The molecule has 0 spiro atoms. The Kier molecular flexibility index (Phi) is 10.8. The van der Waals surface area contributed by atoms with Crippen molar-refractivity contribution in [3.63, 3.8) is 0 Å². The van der Waals surface area contributed by atoms with E-state index in [0.717, 1.165) is 42.6 Å². The number of hydrogen-bond acceptors (Lipinski definition) is 3. The average Bonchev–Trinajstić information content (AvgIpc) is 2.85. The van der Waals surface area contributed by atoms with Crippen molar-refractivity contribution in [2.75, 3.05) is 6.54 Å². The van der Waals surface area contributed by atoms with Gasteiger partial charge in [-0.3, -0.25) is 4.79 Å². The van der Waals surface area contributed by atoms with Gasteiger partial charge in [0.15, 0.2) is 6.29 Å². The number of unbranched alkanes of at least 4 members (excludes halogenated alkanes) is 2. The maximum atomic E-state index is 11.2. The van der Waals surface area contributed by atoms with Gasteiger partial charge in [-0.15, -0.1) is 0 Å². The number of hydrogen-bond donors (Lipinski definition) is 2. The zero-order chi connectivity index (χ0) is 23.5. The number of aliphatic hydroxyl groups excluding tert-OH is 1. The first-order valence-electron chi connectivity index (χ1n) is 13.4. The van der Waals surface area contributed by atoms with E-state index in [-0.39, 0.29) is 11.8 Å². The van der Waals surface area contributed by atoms with Crippen LogP contribution in [0.3, 0.4) is 0 Å². The van der Waals surface area contributed by atoms with Crippen molar-refractivity contribution in [3.05, 3.63) is 42.5 Å². The fourth-order valence-corrected chi connectivity index (χ4v) is 5.91. The molecule has 0 aliphatic heterocycles. The molecule has 0 aromatic heterocycles. The summed E-state index contributed by atoms with van der Waals surface area (Å²) in [5.74, 6) is 3.55. The van der Waals surface area contributed by atoms with Crippen molar-refractivity contribution < 1.29 is 14.6 Å². The van der Waals surface area contributed by atoms with E-state index < -0.39 is 6.29 Å². The van der Waals surface area contributed by atoms with Crippen LogP contribution in [-0.4, -0.2) is 23.8 Å². The van der Waals surface area contributed by atoms with Gasteiger partial charge in [0, 0.05) is 12.5 Å². The van der Waals surface area contributed by atoms with Crippen LogP contribution in [0.2, 0.25) is 0 Å². The zero-order valence-electron chi connectivity index (χ0n) is 20.6. The SMILES string of the molecule is C=CC(=O)NCCc1ccc(OC(O)C2CCC(C3CCC(CCCCC)CC3)CC2)cc1. The van der Waals surface area contributed by atoms with Gasteiger partial charge in [-0.2, -0.15) is 0 Å². The number of nitrogens with one attached hydrogen (secondary N) is 1. The highest BCUT2D eigenvalue weighted by atomic mass is 16.6. The number of carbonyl (C=O) groups excluding carboxylic acids is 1. The number of ether oxygens (including phenoxy) is 1. The summed E-state index contributed by atoms with van der Waals surface area (Å²) in [5, 5.41) is 13.5. The van der Waals surface area contributed by atoms with Crippen molar-refractivity contribution in [2.24, 2.45) is 23.7 Å². The maximum absolute atomic E-state index is 11.2. The molecular weight excluding hydrogens is 410 g/mol. The molecule has 0 saturated heterocycles. The zero-order valence-corrected chi connectivity index (χ0v) is 20.6. The van der Waals surface area contributed by atoms with E-state index in [9.17, 15) is 9.90 Å². The maximum Gasteiger partial charge on any atom is 0.243 e. The van der Waals surface area contributed by atoms with E-state index in [1.165, 1.54) is 70.3 Å². The molecule has 1 atom stereocenters. The fourth-order valence-electron chi connectivity index (χ4n) is 5.91. The lowest BCUT2D eigenvalue weighted by Crippen LogP contribution is -2.33. The molecule has 4 heteroatoms. The van der Waals surface area contributed by atoms with Gasteiger partial charge in [0.1, 0.15) is 5.75 Å². The van der Waals surface area contributed by atoms with Crippen LogP contribution in [0.25, 0.3) is 0 Å². The Hall–Kier alpha value is -1.81. The van der Waals surface area contributed by atoms with Crippen molar-refractivity contribution in [3.8, 4) is 5.75 Å². The minimum absolute atomic E-state index is 0.150. The van der Waals surface area contributed by atoms with Crippen LogP contribution in [0.5, 0.6) is 5.75 Å². The highest BCUT2D eigenvalue weighted by Crippen LogP contribution is 2.43. The molecule has 3 rings (SSSR count). The highest BCUT2D eigenvalue weighted by Gasteiger charge is 2.33. The van der Waals surface area contributed by atoms with E-state index in [1.54, 1.807) is 0 Å². The van der Waals surface area contributed by atoms with E-state index in [2.05, 4.69) is 18.8 Å². The predicted octanol–water partition coefficient (Wildman–Crippen LogP) is 6.42. The second-order valence-corrected chi connectivity index (χ2v) is 10.3. The van der Waals surface area contributed by atoms with Crippen LogP contribution in [-0.2, 0) is 11.2 Å². The van der Waals surface area contributed by atoms with Crippen LogP contribution in [0.1, 0.15) is 89.5 Å². The molecule has 2 saturated carbocycles. The first-order valence-corrected chi connectivity index (χ1v) is 13.4. The molecule has 0 bridgehead atoms. The summed E-state index contributed by atoms with van der Waals surface area (Å²) in [4.78, 5) is 11.2. The summed E-state index contributed by atoms with van der Waals surface area (Å²) in [7, 11) is 0. The number of amides is 1. The number of aliphatic hydroxyl groups is 1. The molecule has 0 heterocycles. The first kappa shape index (κ1) is 25.8. The third-order valence-corrected chi connectivity index (χ3v) is 8.07. The lowest BCUT2D eigenvalue weighted by Gasteiger charge is -2.38. The molecule has 1 amide bonds. The molecule has 4 nitrogen and oxygen atoms in total. The van der Waals surface area contributed by atoms with Gasteiger partial charge in [0.25, 0.3) is 0 Å². The monoisotopic (exact) mass is 455 g/mol. The van der Waals surface area contributed by atoms with Crippen LogP contribution in [0, 0.1) is 23.7 Å². The Balaban J connectivity index is 1.34. The van der Waals surface area contributed by atoms with E-state index in [1.807, 2.05) is 24.3 Å². The molecule has 33 heavy (non-hydrogen) atoms. The quantitative estimate of drug-likeness (QED) is 0.217. The Bertz CT molecular complexity index is 700. The van der Waals surface area contributed by atoms with Gasteiger partial charge in [-0.1, -0.05) is 64.2 Å². The van der Waals surface area contributed by atoms with Crippen molar-refractivity contribution in [2.45, 2.75) is 96.7 Å². The molecule has 2 aliphatic carbocycles. The minimum atomic E-state index is -0.724. The molecule has 2 N–H and O–H groups in total. The van der Waals surface area contributed by atoms with Gasteiger partial charge in [0.2, 0.25) is 5.91 Å².